The first-order valence-electron chi connectivity index (χ1n) is 16.4. The predicted octanol–water partition coefficient (Wildman–Crippen LogP) is 8.05. The maximum atomic E-state index is 14.0. The number of hydrogen-bond acceptors (Lipinski definition) is 5. The van der Waals surface area contributed by atoms with Crippen molar-refractivity contribution in [2.24, 2.45) is 5.73 Å². The van der Waals surface area contributed by atoms with Crippen LogP contribution in [-0.4, -0.2) is 29.1 Å². The van der Waals surface area contributed by atoms with Crippen molar-refractivity contribution in [3.8, 4) is 22.6 Å². The summed E-state index contributed by atoms with van der Waals surface area (Å²) in [6, 6.07) is 32.8. The van der Waals surface area contributed by atoms with Crippen LogP contribution in [0.3, 0.4) is 0 Å². The summed E-state index contributed by atoms with van der Waals surface area (Å²) in [5.74, 6) is -3.98. The summed E-state index contributed by atoms with van der Waals surface area (Å²) in [7, 11) is 0. The van der Waals surface area contributed by atoms with Crippen molar-refractivity contribution in [3.63, 3.8) is 0 Å². The topological polar surface area (TPSA) is 122 Å². The van der Waals surface area contributed by atoms with E-state index in [9.17, 15) is 31.5 Å². The number of nitrogens with zero attached hydrogens (tertiary/aromatic N) is 1. The number of hydrogen-bond donors (Lipinski definition) is 3. The Morgan fingerprint density at radius 2 is 1.43 bits per heavy atom. The van der Waals surface area contributed by atoms with Crippen LogP contribution in [0.2, 0.25) is 0 Å². The summed E-state index contributed by atoms with van der Waals surface area (Å²) in [4.78, 5) is 37.1. The quantitative estimate of drug-likeness (QED) is 0.116. The van der Waals surface area contributed by atoms with Crippen LogP contribution in [0.25, 0.3) is 11.1 Å². The Morgan fingerprint density at radius 3 is 2.15 bits per heavy atom. The lowest BCUT2D eigenvalue weighted by Gasteiger charge is -2.26. The first-order chi connectivity index (χ1) is 25.3. The normalized spacial score (nSPS) is 11.4. The summed E-state index contributed by atoms with van der Waals surface area (Å²) < 4.78 is 66.1. The first kappa shape index (κ1) is 38.2. The molecule has 1 aliphatic carbocycles. The molecule has 0 saturated carbocycles. The number of nitrogens with two attached hydrogens (primary N) is 1. The number of alkyl halides is 3. The van der Waals surface area contributed by atoms with Crippen molar-refractivity contribution < 1.29 is 46.2 Å². The van der Waals surface area contributed by atoms with Crippen LogP contribution in [0, 0.1) is 11.6 Å². The van der Waals surface area contributed by atoms with E-state index in [1.807, 2.05) is 60.7 Å². The molecular formula is C40H34F5N3O5. The molecule has 5 aromatic rings. The number of halogens is 5. The molecular weight excluding hydrogens is 697 g/mol. The number of anilines is 1. The zero-order valence-electron chi connectivity index (χ0n) is 28.1. The largest absolute Gasteiger partial charge is 0.490 e. The fourth-order valence-electron chi connectivity index (χ4n) is 5.75. The average Bonchev–Trinajstić information content (AvgIpc) is 3.51. The van der Waals surface area contributed by atoms with Crippen molar-refractivity contribution >= 4 is 23.5 Å². The van der Waals surface area contributed by atoms with Crippen LogP contribution in [0.4, 0.5) is 27.6 Å². The van der Waals surface area contributed by atoms with Crippen LogP contribution in [0.1, 0.15) is 40.7 Å². The molecule has 0 unspecified atom stereocenters. The molecule has 2 amide bonds. The summed E-state index contributed by atoms with van der Waals surface area (Å²) in [6.45, 7) is 0.288. The van der Waals surface area contributed by atoms with Gasteiger partial charge in [-0.1, -0.05) is 72.8 Å². The molecule has 4 N–H and O–H groups in total. The van der Waals surface area contributed by atoms with E-state index in [4.69, 9.17) is 20.4 Å². The monoisotopic (exact) mass is 731 g/mol. The minimum Gasteiger partial charge on any atom is -0.475 e. The van der Waals surface area contributed by atoms with E-state index in [0.717, 1.165) is 29.7 Å². The lowest BCUT2D eigenvalue weighted by molar-refractivity contribution is -0.192. The summed E-state index contributed by atoms with van der Waals surface area (Å²) in [5, 5.41) is 9.66. The lowest BCUT2D eigenvalue weighted by atomic mass is 10.0. The number of benzene rings is 5. The van der Waals surface area contributed by atoms with Gasteiger partial charge in [-0.2, -0.15) is 13.2 Å². The molecule has 0 radical (unpaired) electrons. The molecule has 53 heavy (non-hydrogen) atoms. The van der Waals surface area contributed by atoms with Crippen LogP contribution in [0.5, 0.6) is 11.5 Å². The van der Waals surface area contributed by atoms with Gasteiger partial charge in [0, 0.05) is 31.5 Å². The Bertz CT molecular complexity index is 2100. The highest BCUT2D eigenvalue weighted by Gasteiger charge is 2.38. The number of carboxylic acid groups (broad SMARTS) is 1. The number of rotatable bonds is 11. The molecule has 0 aromatic heterocycles. The smallest absolute Gasteiger partial charge is 0.475 e. The van der Waals surface area contributed by atoms with E-state index in [2.05, 4.69) is 29.6 Å². The summed E-state index contributed by atoms with van der Waals surface area (Å²) in [6.07, 6.45) is -4.56. The first-order valence-corrected chi connectivity index (χ1v) is 16.4. The molecule has 13 heteroatoms. The van der Waals surface area contributed by atoms with Gasteiger partial charge in [0.05, 0.1) is 12.2 Å². The summed E-state index contributed by atoms with van der Waals surface area (Å²) >= 11 is 0. The van der Waals surface area contributed by atoms with E-state index in [1.165, 1.54) is 28.3 Å². The molecule has 8 nitrogen and oxygen atoms in total. The highest BCUT2D eigenvalue weighted by Crippen LogP contribution is 2.38. The van der Waals surface area contributed by atoms with Gasteiger partial charge in [0.2, 0.25) is 11.8 Å². The molecule has 6 rings (SSSR count). The second kappa shape index (κ2) is 17.0. The number of ether oxygens (including phenoxy) is 1. The summed E-state index contributed by atoms with van der Waals surface area (Å²) in [5.41, 5.74) is 12.8. The van der Waals surface area contributed by atoms with Crippen molar-refractivity contribution in [2.75, 3.05) is 4.90 Å². The SMILES string of the molecule is NCc1cccc(Oc2ccccc2N(Cc2ccc3c(c2)Cc2ccccc2-3)C(=O)CCC(=O)NCc2c(F)cccc2F)c1.O=C(O)C(F)(F)F. The number of carbonyl (C=O) groups excluding carboxylic acids is 2. The highest BCUT2D eigenvalue weighted by atomic mass is 19.4. The molecule has 0 atom stereocenters. The Kier molecular flexibility index (Phi) is 12.2. The minimum absolute atomic E-state index is 0.126. The number of nitrogens with one attached hydrogen (secondary N) is 1. The fraction of sp³-hybridized carbons (Fsp3) is 0.175. The Hall–Kier alpha value is -6.08. The third kappa shape index (κ3) is 9.83. The second-order valence-corrected chi connectivity index (χ2v) is 12.0. The number of aliphatic carboxylic acids is 1. The van der Waals surface area contributed by atoms with Gasteiger partial charge in [-0.05, 0) is 76.2 Å². The standard InChI is InChI=1S/C38H33F2N3O3.C2HF3O2/c39-33-11-6-12-34(40)32(33)23-42-37(44)17-18-38(45)43(24-26-15-16-31-28(19-26)21-27-8-1-2-10-30(27)31)35-13-3-4-14-36(35)46-29-9-5-7-25(20-29)22-41;3-2(4,5)1(6)7/h1-16,19-20H,17-18,21-24,41H2,(H,42,44);(H,6,7). The van der Waals surface area contributed by atoms with Crippen molar-refractivity contribution in [1.82, 2.24) is 5.32 Å². The Labute approximate surface area is 301 Å². The molecule has 0 heterocycles. The third-order valence-electron chi connectivity index (χ3n) is 8.35. The zero-order valence-corrected chi connectivity index (χ0v) is 28.1. The van der Waals surface area contributed by atoms with E-state index in [-0.39, 0.29) is 37.4 Å². The van der Waals surface area contributed by atoms with Crippen LogP contribution in [-0.2, 0) is 40.4 Å². The van der Waals surface area contributed by atoms with Gasteiger partial charge in [-0.3, -0.25) is 9.59 Å². The van der Waals surface area contributed by atoms with Gasteiger partial charge in [0.15, 0.2) is 5.75 Å². The molecule has 0 aliphatic heterocycles. The van der Waals surface area contributed by atoms with Gasteiger partial charge in [-0.15, -0.1) is 0 Å². The van der Waals surface area contributed by atoms with Gasteiger partial charge >= 0.3 is 12.1 Å². The Balaban J connectivity index is 0.000000705. The number of carboxylic acids is 1. The van der Waals surface area contributed by atoms with E-state index >= 15 is 0 Å². The molecule has 0 saturated heterocycles. The maximum Gasteiger partial charge on any atom is 0.490 e. The molecule has 0 bridgehead atoms. The average molecular weight is 732 g/mol. The number of para-hydroxylation sites is 2. The van der Waals surface area contributed by atoms with E-state index in [1.54, 1.807) is 11.0 Å². The molecule has 1 aliphatic rings. The number of amides is 2. The second-order valence-electron chi connectivity index (χ2n) is 12.0. The van der Waals surface area contributed by atoms with Crippen molar-refractivity contribution in [3.05, 3.63) is 149 Å². The third-order valence-corrected chi connectivity index (χ3v) is 8.35. The van der Waals surface area contributed by atoms with Gasteiger partial charge < -0.3 is 25.8 Å². The van der Waals surface area contributed by atoms with Gasteiger partial charge in [0.1, 0.15) is 17.4 Å². The minimum atomic E-state index is -5.08. The predicted molar refractivity (Wildman–Crippen MR) is 188 cm³/mol. The maximum absolute atomic E-state index is 14.0. The molecule has 274 valence electrons. The van der Waals surface area contributed by atoms with E-state index < -0.39 is 29.7 Å². The van der Waals surface area contributed by atoms with Crippen LogP contribution < -0.4 is 20.7 Å². The van der Waals surface area contributed by atoms with Gasteiger partial charge in [0.25, 0.3) is 0 Å². The van der Waals surface area contributed by atoms with E-state index in [0.29, 0.717) is 23.7 Å². The molecule has 5 aromatic carbocycles. The van der Waals surface area contributed by atoms with Gasteiger partial charge in [-0.25, -0.2) is 13.6 Å². The van der Waals surface area contributed by atoms with Crippen LogP contribution >= 0.6 is 0 Å². The number of fused-ring (bicyclic) bond motifs is 3. The van der Waals surface area contributed by atoms with Crippen molar-refractivity contribution in [2.45, 2.75) is 45.1 Å². The fourth-order valence-corrected chi connectivity index (χ4v) is 5.75. The molecule has 0 fully saturated rings. The molecule has 0 spiro atoms. The lowest BCUT2D eigenvalue weighted by Crippen LogP contribution is -2.32. The number of carbonyl (C=O) groups is 3. The van der Waals surface area contributed by atoms with Crippen LogP contribution in [0.15, 0.2) is 109 Å². The highest BCUT2D eigenvalue weighted by molar-refractivity contribution is 5.96. The van der Waals surface area contributed by atoms with Crippen molar-refractivity contribution in [1.29, 1.82) is 0 Å². The Morgan fingerprint density at radius 1 is 0.774 bits per heavy atom. The zero-order chi connectivity index (χ0) is 38.1.